The van der Waals surface area contributed by atoms with Gasteiger partial charge in [0.15, 0.2) is 12.6 Å². The van der Waals surface area contributed by atoms with Crippen LogP contribution in [0.2, 0.25) is 0 Å². The minimum atomic E-state index is -0.299. The Morgan fingerprint density at radius 3 is 1.44 bits per heavy atom. The van der Waals surface area contributed by atoms with Crippen LogP contribution >= 0.6 is 0 Å². The molecule has 34 heavy (non-hydrogen) atoms. The second-order valence-corrected chi connectivity index (χ2v) is 11.9. The quantitative estimate of drug-likeness (QED) is 0.405. The van der Waals surface area contributed by atoms with E-state index in [1.165, 1.54) is 0 Å². The maximum absolute atomic E-state index is 6.87. The van der Waals surface area contributed by atoms with E-state index in [-0.39, 0.29) is 54.9 Å². The van der Waals surface area contributed by atoms with Crippen molar-refractivity contribution in [1.82, 2.24) is 0 Å². The molecule has 3 aliphatic heterocycles. The van der Waals surface area contributed by atoms with Gasteiger partial charge in [-0.3, -0.25) is 0 Å². The summed E-state index contributed by atoms with van der Waals surface area (Å²) in [5.74, 6) is 2.75. The molecule has 3 heterocycles. The minimum Gasteiger partial charge on any atom is -0.372 e. The molecule has 0 aromatic heterocycles. The van der Waals surface area contributed by atoms with Crippen molar-refractivity contribution in [3.05, 3.63) is 0 Å². The van der Waals surface area contributed by atoms with Crippen molar-refractivity contribution in [1.29, 1.82) is 0 Å². The van der Waals surface area contributed by atoms with Crippen LogP contribution in [0.1, 0.15) is 95.4 Å². The van der Waals surface area contributed by atoms with Gasteiger partial charge in [-0.2, -0.15) is 0 Å². The monoisotopic (exact) mass is 482 g/mol. The molecule has 3 aliphatic rings. The first-order chi connectivity index (χ1) is 16.0. The van der Waals surface area contributed by atoms with Crippen molar-refractivity contribution >= 4 is 0 Å². The fourth-order valence-electron chi connectivity index (χ4n) is 6.80. The van der Waals surface area contributed by atoms with Crippen LogP contribution in [0, 0.1) is 41.4 Å². The van der Waals surface area contributed by atoms with E-state index < -0.39 is 0 Å². The molecule has 5 nitrogen and oxygen atoms in total. The highest BCUT2D eigenvalue weighted by Crippen LogP contribution is 2.42. The number of hydrogen-bond donors (Lipinski definition) is 0. The fraction of sp³-hybridized carbons (Fsp3) is 1.00. The van der Waals surface area contributed by atoms with Gasteiger partial charge in [-0.05, 0) is 49.9 Å². The maximum atomic E-state index is 6.87. The Morgan fingerprint density at radius 2 is 0.882 bits per heavy atom. The molecule has 3 rings (SSSR count). The Labute approximate surface area is 210 Å². The zero-order chi connectivity index (χ0) is 25.3. The predicted molar refractivity (Wildman–Crippen MR) is 136 cm³/mol. The summed E-state index contributed by atoms with van der Waals surface area (Å²) in [4.78, 5) is 0. The summed E-state index contributed by atoms with van der Waals surface area (Å²) < 4.78 is 33.1. The van der Waals surface area contributed by atoms with E-state index in [0.29, 0.717) is 35.7 Å². The van der Waals surface area contributed by atoms with Gasteiger partial charge in [0.25, 0.3) is 0 Å². The molecule has 0 aromatic rings. The lowest BCUT2D eigenvalue weighted by Crippen LogP contribution is -2.57. The van der Waals surface area contributed by atoms with Crippen LogP contribution in [0.3, 0.4) is 0 Å². The fourth-order valence-corrected chi connectivity index (χ4v) is 6.80. The molecule has 3 fully saturated rings. The molecule has 3 saturated heterocycles. The van der Waals surface area contributed by atoms with Gasteiger partial charge >= 0.3 is 0 Å². The van der Waals surface area contributed by atoms with Crippen molar-refractivity contribution in [3.8, 4) is 0 Å². The molecule has 0 saturated carbocycles. The normalized spacial score (nSPS) is 52.5. The molecule has 0 bridgehead atoms. The van der Waals surface area contributed by atoms with Gasteiger partial charge in [0, 0.05) is 17.8 Å². The molecule has 0 amide bonds. The number of ether oxygens (including phenoxy) is 5. The van der Waals surface area contributed by atoms with Gasteiger partial charge < -0.3 is 23.7 Å². The Kier molecular flexibility index (Phi) is 9.93. The Bertz CT molecular complexity index is 626. The van der Waals surface area contributed by atoms with Crippen molar-refractivity contribution in [2.75, 3.05) is 0 Å². The highest BCUT2D eigenvalue weighted by Gasteiger charge is 2.49. The largest absolute Gasteiger partial charge is 0.372 e. The van der Waals surface area contributed by atoms with Crippen molar-refractivity contribution in [2.24, 2.45) is 41.4 Å². The first kappa shape index (κ1) is 28.4. The predicted octanol–water partition coefficient (Wildman–Crippen LogP) is 6.68. The van der Waals surface area contributed by atoms with Crippen LogP contribution in [0.4, 0.5) is 0 Å². The van der Waals surface area contributed by atoms with Crippen molar-refractivity contribution in [3.63, 3.8) is 0 Å². The highest BCUT2D eigenvalue weighted by molar-refractivity contribution is 4.91. The Hall–Kier alpha value is -0.200. The molecule has 15 atom stereocenters. The molecule has 200 valence electrons. The summed E-state index contributed by atoms with van der Waals surface area (Å²) >= 11 is 0. The molecular weight excluding hydrogens is 428 g/mol. The molecule has 0 spiro atoms. The third kappa shape index (κ3) is 5.54. The van der Waals surface area contributed by atoms with Crippen LogP contribution < -0.4 is 0 Å². The van der Waals surface area contributed by atoms with E-state index in [9.17, 15) is 0 Å². The summed E-state index contributed by atoms with van der Waals surface area (Å²) in [5, 5.41) is 0. The van der Waals surface area contributed by atoms with E-state index in [1.807, 2.05) is 0 Å². The smallest absolute Gasteiger partial charge is 0.163 e. The minimum absolute atomic E-state index is 0.0204. The van der Waals surface area contributed by atoms with E-state index in [4.69, 9.17) is 23.7 Å². The summed E-state index contributed by atoms with van der Waals surface area (Å²) in [6.45, 7) is 24.8. The van der Waals surface area contributed by atoms with Crippen LogP contribution in [-0.2, 0) is 23.7 Å². The summed E-state index contributed by atoms with van der Waals surface area (Å²) in [6.07, 6.45) is 3.31. The van der Waals surface area contributed by atoms with Gasteiger partial charge in [-0.1, -0.05) is 69.2 Å². The molecular formula is C29H54O5. The second-order valence-electron chi connectivity index (χ2n) is 11.9. The zero-order valence-corrected chi connectivity index (χ0v) is 23.8. The van der Waals surface area contributed by atoms with Gasteiger partial charge in [0.1, 0.15) is 0 Å². The first-order valence-corrected chi connectivity index (χ1v) is 14.3. The van der Waals surface area contributed by atoms with E-state index in [0.717, 1.165) is 19.3 Å². The van der Waals surface area contributed by atoms with Crippen LogP contribution in [0.25, 0.3) is 0 Å². The standard InChI is InChI=1S/C29H54O5/c1-12-23-17(6)18(7)27(22(11)30-23)34-29-21(10)26(20(9)25(14-3)32-29)33-28-19(8)15(4)16(5)24(13-2)31-28/h15-29H,12-14H2,1-11H3/t15-,16+,17+,18-,19?,20-,21?,22?,23?,24?,25?,26-,27?,28-,29-/m0/s1. The summed E-state index contributed by atoms with van der Waals surface area (Å²) in [6, 6.07) is 0. The van der Waals surface area contributed by atoms with Crippen molar-refractivity contribution in [2.45, 2.75) is 145 Å². The maximum Gasteiger partial charge on any atom is 0.163 e. The Morgan fingerprint density at radius 1 is 0.441 bits per heavy atom. The Balaban J connectivity index is 1.76. The van der Waals surface area contributed by atoms with E-state index >= 15 is 0 Å². The van der Waals surface area contributed by atoms with Crippen LogP contribution in [0.15, 0.2) is 0 Å². The molecule has 0 aromatic carbocycles. The average molecular weight is 483 g/mol. The summed E-state index contributed by atoms with van der Waals surface area (Å²) in [5.41, 5.74) is 0. The van der Waals surface area contributed by atoms with Gasteiger partial charge in [0.2, 0.25) is 0 Å². The zero-order valence-electron chi connectivity index (χ0n) is 23.8. The summed E-state index contributed by atoms with van der Waals surface area (Å²) in [7, 11) is 0. The molecule has 7 unspecified atom stereocenters. The topological polar surface area (TPSA) is 46.2 Å². The van der Waals surface area contributed by atoms with Gasteiger partial charge in [0.05, 0.1) is 36.6 Å². The molecule has 0 N–H and O–H groups in total. The van der Waals surface area contributed by atoms with Gasteiger partial charge in [-0.15, -0.1) is 0 Å². The second kappa shape index (κ2) is 11.9. The lowest BCUT2D eigenvalue weighted by molar-refractivity contribution is -0.338. The average Bonchev–Trinajstić information content (AvgIpc) is 2.82. The lowest BCUT2D eigenvalue weighted by atomic mass is 9.78. The van der Waals surface area contributed by atoms with Crippen LogP contribution in [-0.4, -0.2) is 49.2 Å². The third-order valence-electron chi connectivity index (χ3n) is 9.92. The SMILES string of the molecule is CCC1OC(C)C(O[C@@H]2OC(CC)[C@H](C)[C@H](O[C@@H]3OC(CC)[C@H](C)[C@H](C)C3C)C2C)[C@@H](C)[C@H]1C. The third-order valence-corrected chi connectivity index (χ3v) is 9.92. The van der Waals surface area contributed by atoms with E-state index in [2.05, 4.69) is 76.2 Å². The highest BCUT2D eigenvalue weighted by atomic mass is 16.7. The number of rotatable bonds is 7. The molecule has 0 aliphatic carbocycles. The first-order valence-electron chi connectivity index (χ1n) is 14.3. The number of hydrogen-bond acceptors (Lipinski definition) is 5. The van der Waals surface area contributed by atoms with Crippen molar-refractivity contribution < 1.29 is 23.7 Å². The molecule has 0 radical (unpaired) electrons. The van der Waals surface area contributed by atoms with Gasteiger partial charge in [-0.25, -0.2) is 0 Å². The lowest BCUT2D eigenvalue weighted by Gasteiger charge is -2.51. The van der Waals surface area contributed by atoms with E-state index in [1.54, 1.807) is 0 Å². The molecule has 5 heteroatoms. The van der Waals surface area contributed by atoms with Crippen LogP contribution in [0.5, 0.6) is 0 Å².